The molecule has 2 aromatic carbocycles. The number of fused-ring (bicyclic) bond motifs is 1. The lowest BCUT2D eigenvalue weighted by atomic mass is 9.87. The van der Waals surface area contributed by atoms with E-state index in [2.05, 4.69) is 47.6 Å². The third-order valence-electron chi connectivity index (χ3n) is 6.17. The second-order valence-corrected chi connectivity index (χ2v) is 9.32. The van der Waals surface area contributed by atoms with E-state index >= 15 is 0 Å². The number of aryl methyl sites for hydroxylation is 2. The number of carbonyl (C=O) groups excluding carboxylic acids is 1. The van der Waals surface area contributed by atoms with Crippen LogP contribution < -0.4 is 5.32 Å². The van der Waals surface area contributed by atoms with Gasteiger partial charge < -0.3 is 9.73 Å². The van der Waals surface area contributed by atoms with Gasteiger partial charge in [-0.2, -0.15) is 5.10 Å². The molecule has 1 aliphatic carbocycles. The number of benzene rings is 2. The number of amides is 1. The van der Waals surface area contributed by atoms with Crippen molar-refractivity contribution in [3.63, 3.8) is 0 Å². The van der Waals surface area contributed by atoms with Crippen LogP contribution in [0.15, 0.2) is 59.0 Å². The minimum absolute atomic E-state index is 0.0367. The van der Waals surface area contributed by atoms with Crippen molar-refractivity contribution in [3.8, 4) is 17.3 Å². The first-order valence-electron chi connectivity index (χ1n) is 11.9. The quantitative estimate of drug-likeness (QED) is 0.430. The summed E-state index contributed by atoms with van der Waals surface area (Å²) in [5.74, 6) is 1.25. The topological polar surface area (TPSA) is 85.8 Å². The van der Waals surface area contributed by atoms with Crippen molar-refractivity contribution in [2.75, 3.05) is 0 Å². The number of hydrogen-bond donors (Lipinski definition) is 1. The van der Waals surface area contributed by atoms with Crippen LogP contribution in [0, 0.1) is 12.8 Å². The molecule has 0 radical (unpaired) electrons. The Labute approximate surface area is 199 Å². The zero-order valence-corrected chi connectivity index (χ0v) is 19.8. The summed E-state index contributed by atoms with van der Waals surface area (Å²) in [5, 5.41) is 16.0. The molecule has 174 valence electrons. The fraction of sp³-hybridized carbons (Fsp3) is 0.333. The van der Waals surface area contributed by atoms with Gasteiger partial charge in [0.05, 0.1) is 11.7 Å². The van der Waals surface area contributed by atoms with Gasteiger partial charge in [-0.1, -0.05) is 44.2 Å². The minimum atomic E-state index is -0.0751. The van der Waals surface area contributed by atoms with Crippen LogP contribution in [-0.4, -0.2) is 25.9 Å². The van der Waals surface area contributed by atoms with Crippen LogP contribution in [0.25, 0.3) is 17.3 Å². The minimum Gasteiger partial charge on any atom is -0.420 e. The normalized spacial score (nSPS) is 15.4. The van der Waals surface area contributed by atoms with E-state index in [-0.39, 0.29) is 11.9 Å². The molecule has 0 spiro atoms. The molecule has 1 N–H and O–H groups in total. The SMILES string of the molecule is Cc1nnc(-c2cc(CC(C)C)n(-c3cccc(C(=O)NC4CCCc5ccccc54)c3)n2)o1. The fourth-order valence-electron chi connectivity index (χ4n) is 4.64. The first-order chi connectivity index (χ1) is 16.5. The second kappa shape index (κ2) is 9.25. The molecule has 1 amide bonds. The summed E-state index contributed by atoms with van der Waals surface area (Å²) >= 11 is 0. The average molecular weight is 456 g/mol. The van der Waals surface area contributed by atoms with Crippen LogP contribution in [0.4, 0.5) is 0 Å². The molecule has 1 atom stereocenters. The Morgan fingerprint density at radius 2 is 2.00 bits per heavy atom. The molecule has 4 aromatic rings. The van der Waals surface area contributed by atoms with Crippen molar-refractivity contribution in [2.45, 2.75) is 52.5 Å². The Bertz CT molecular complexity index is 1320. The lowest BCUT2D eigenvalue weighted by molar-refractivity contribution is 0.0932. The summed E-state index contributed by atoms with van der Waals surface area (Å²) in [7, 11) is 0. The van der Waals surface area contributed by atoms with E-state index < -0.39 is 0 Å². The number of hydrogen-bond acceptors (Lipinski definition) is 5. The van der Waals surface area contributed by atoms with E-state index in [0.717, 1.165) is 37.1 Å². The van der Waals surface area contributed by atoms with Crippen molar-refractivity contribution >= 4 is 5.91 Å². The van der Waals surface area contributed by atoms with Crippen molar-refractivity contribution in [1.82, 2.24) is 25.3 Å². The number of carbonyl (C=O) groups is 1. The van der Waals surface area contributed by atoms with E-state index in [9.17, 15) is 4.79 Å². The van der Waals surface area contributed by atoms with Gasteiger partial charge in [0.1, 0.15) is 5.69 Å². The molecule has 0 saturated heterocycles. The zero-order chi connectivity index (χ0) is 23.7. The van der Waals surface area contributed by atoms with E-state index in [1.165, 1.54) is 11.1 Å². The third-order valence-corrected chi connectivity index (χ3v) is 6.17. The van der Waals surface area contributed by atoms with Crippen molar-refractivity contribution in [2.24, 2.45) is 5.92 Å². The third kappa shape index (κ3) is 4.51. The molecule has 1 unspecified atom stereocenters. The van der Waals surface area contributed by atoms with Crippen LogP contribution in [0.2, 0.25) is 0 Å². The molecule has 1 aliphatic rings. The van der Waals surface area contributed by atoms with Gasteiger partial charge in [0, 0.05) is 18.2 Å². The van der Waals surface area contributed by atoms with Gasteiger partial charge in [0.25, 0.3) is 11.8 Å². The Hall–Kier alpha value is -3.74. The average Bonchev–Trinajstić information content (AvgIpc) is 3.45. The van der Waals surface area contributed by atoms with Crippen molar-refractivity contribution in [1.29, 1.82) is 0 Å². The van der Waals surface area contributed by atoms with Crippen LogP contribution in [0.5, 0.6) is 0 Å². The number of nitrogens with zero attached hydrogens (tertiary/aromatic N) is 4. The molecule has 34 heavy (non-hydrogen) atoms. The molecule has 7 heteroatoms. The van der Waals surface area contributed by atoms with Gasteiger partial charge in [0.2, 0.25) is 5.89 Å². The highest BCUT2D eigenvalue weighted by atomic mass is 16.4. The van der Waals surface area contributed by atoms with E-state index in [1.54, 1.807) is 6.92 Å². The van der Waals surface area contributed by atoms with Crippen LogP contribution in [0.1, 0.15) is 65.8 Å². The maximum absolute atomic E-state index is 13.2. The molecule has 2 heterocycles. The molecule has 2 aromatic heterocycles. The summed E-state index contributed by atoms with van der Waals surface area (Å²) in [4.78, 5) is 13.2. The van der Waals surface area contributed by atoms with E-state index in [4.69, 9.17) is 9.52 Å². The summed E-state index contributed by atoms with van der Waals surface area (Å²) in [5.41, 5.74) is 5.65. The number of rotatable bonds is 6. The summed E-state index contributed by atoms with van der Waals surface area (Å²) in [6.07, 6.45) is 3.92. The second-order valence-electron chi connectivity index (χ2n) is 9.32. The van der Waals surface area contributed by atoms with Gasteiger partial charge >= 0.3 is 0 Å². The van der Waals surface area contributed by atoms with E-state index in [0.29, 0.717) is 29.0 Å². The molecule has 0 aliphatic heterocycles. The predicted molar refractivity (Wildman–Crippen MR) is 130 cm³/mol. The highest BCUT2D eigenvalue weighted by molar-refractivity contribution is 5.95. The Balaban J connectivity index is 1.44. The fourth-order valence-corrected chi connectivity index (χ4v) is 4.64. The standard InChI is InChI=1S/C27H29N5O2/c1-17(2)14-22-16-25(27-30-29-18(3)34-27)31-32(22)21-11-6-10-20(15-21)26(33)28-24-13-7-9-19-8-4-5-12-23(19)24/h4-6,8,10-12,15-17,24H,7,9,13-14H2,1-3H3,(H,28,33). The largest absolute Gasteiger partial charge is 0.420 e. The summed E-state index contributed by atoms with van der Waals surface area (Å²) < 4.78 is 7.47. The van der Waals surface area contributed by atoms with Crippen LogP contribution in [-0.2, 0) is 12.8 Å². The highest BCUT2D eigenvalue weighted by Crippen LogP contribution is 2.30. The molecule has 0 fully saturated rings. The van der Waals surface area contributed by atoms with Crippen molar-refractivity contribution < 1.29 is 9.21 Å². The van der Waals surface area contributed by atoms with Gasteiger partial charge in [-0.3, -0.25) is 4.79 Å². The first-order valence-corrected chi connectivity index (χ1v) is 11.9. The Morgan fingerprint density at radius 1 is 1.15 bits per heavy atom. The maximum Gasteiger partial charge on any atom is 0.268 e. The number of nitrogens with one attached hydrogen (secondary N) is 1. The van der Waals surface area contributed by atoms with E-state index in [1.807, 2.05) is 41.1 Å². The molecule has 0 saturated carbocycles. The van der Waals surface area contributed by atoms with Gasteiger partial charge in [0.15, 0.2) is 0 Å². The summed E-state index contributed by atoms with van der Waals surface area (Å²) in [6, 6.07) is 18.0. The van der Waals surface area contributed by atoms with Gasteiger partial charge in [-0.05, 0) is 67.0 Å². The first kappa shape index (κ1) is 22.1. The monoisotopic (exact) mass is 455 g/mol. The number of aromatic nitrogens is 4. The Morgan fingerprint density at radius 3 is 2.79 bits per heavy atom. The van der Waals surface area contributed by atoms with Crippen LogP contribution >= 0.6 is 0 Å². The molecule has 7 nitrogen and oxygen atoms in total. The van der Waals surface area contributed by atoms with Gasteiger partial charge in [-0.25, -0.2) is 4.68 Å². The smallest absolute Gasteiger partial charge is 0.268 e. The predicted octanol–water partition coefficient (Wildman–Crippen LogP) is 5.24. The van der Waals surface area contributed by atoms with Crippen molar-refractivity contribution in [3.05, 3.63) is 82.9 Å². The molecule has 5 rings (SSSR count). The lowest BCUT2D eigenvalue weighted by Gasteiger charge is -2.26. The summed E-state index contributed by atoms with van der Waals surface area (Å²) in [6.45, 7) is 6.09. The Kier molecular flexibility index (Phi) is 6.01. The lowest BCUT2D eigenvalue weighted by Crippen LogP contribution is -2.31. The zero-order valence-electron chi connectivity index (χ0n) is 19.8. The molecule has 0 bridgehead atoms. The maximum atomic E-state index is 13.2. The molecular weight excluding hydrogens is 426 g/mol. The van der Waals surface area contributed by atoms with Crippen LogP contribution in [0.3, 0.4) is 0 Å². The highest BCUT2D eigenvalue weighted by Gasteiger charge is 2.22. The van der Waals surface area contributed by atoms with Gasteiger partial charge in [-0.15, -0.1) is 10.2 Å². The molecular formula is C27H29N5O2.